The molecule has 9 heteroatoms. The number of amides is 3. The van der Waals surface area contributed by atoms with E-state index in [4.69, 9.17) is 21.1 Å². The van der Waals surface area contributed by atoms with Gasteiger partial charge in [-0.05, 0) is 37.3 Å². The summed E-state index contributed by atoms with van der Waals surface area (Å²) in [6.45, 7) is 1.37. The van der Waals surface area contributed by atoms with E-state index in [9.17, 15) is 19.2 Å². The summed E-state index contributed by atoms with van der Waals surface area (Å²) in [5, 5.41) is 3.00. The zero-order chi connectivity index (χ0) is 22.4. The minimum Gasteiger partial charge on any atom is -0.456 e. The van der Waals surface area contributed by atoms with E-state index in [2.05, 4.69) is 5.32 Å². The van der Waals surface area contributed by atoms with Crippen molar-refractivity contribution in [1.82, 2.24) is 4.90 Å². The monoisotopic (exact) mass is 444 g/mol. The molecule has 0 bridgehead atoms. The predicted molar refractivity (Wildman–Crippen MR) is 113 cm³/mol. The van der Waals surface area contributed by atoms with E-state index in [0.29, 0.717) is 22.2 Å². The molecule has 0 atom stereocenters. The molecule has 0 spiro atoms. The highest BCUT2D eigenvalue weighted by Gasteiger charge is 2.29. The third-order valence-corrected chi connectivity index (χ3v) is 4.76. The molecular weight excluding hydrogens is 424 g/mol. The van der Waals surface area contributed by atoms with Crippen LogP contribution in [-0.2, 0) is 23.9 Å². The Morgan fingerprint density at radius 1 is 1.06 bits per heavy atom. The minimum absolute atomic E-state index is 0.0546. The second-order valence-corrected chi connectivity index (χ2v) is 7.39. The van der Waals surface area contributed by atoms with Crippen LogP contribution in [0.25, 0.3) is 0 Å². The van der Waals surface area contributed by atoms with E-state index in [-0.39, 0.29) is 37.6 Å². The number of hydrogen-bond acceptors (Lipinski definition) is 6. The second-order valence-electron chi connectivity index (χ2n) is 6.95. The summed E-state index contributed by atoms with van der Waals surface area (Å²) in [5.41, 5.74) is 1.40. The summed E-state index contributed by atoms with van der Waals surface area (Å²) in [6.07, 6.45) is 0.134. The van der Waals surface area contributed by atoms with E-state index in [1.807, 2.05) is 19.1 Å². The van der Waals surface area contributed by atoms with Crippen molar-refractivity contribution in [2.75, 3.05) is 18.5 Å². The van der Waals surface area contributed by atoms with Gasteiger partial charge in [0.25, 0.3) is 5.91 Å². The van der Waals surface area contributed by atoms with Gasteiger partial charge < -0.3 is 14.8 Å². The van der Waals surface area contributed by atoms with Gasteiger partial charge in [0.05, 0.1) is 12.1 Å². The molecule has 1 N–H and O–H groups in total. The first kappa shape index (κ1) is 22.3. The highest BCUT2D eigenvalue weighted by molar-refractivity contribution is 6.31. The van der Waals surface area contributed by atoms with E-state index in [0.717, 1.165) is 10.5 Å². The van der Waals surface area contributed by atoms with Crippen molar-refractivity contribution in [2.45, 2.75) is 26.2 Å². The van der Waals surface area contributed by atoms with Crippen molar-refractivity contribution in [3.8, 4) is 11.5 Å². The fourth-order valence-corrected chi connectivity index (χ4v) is 3.07. The average molecular weight is 445 g/mol. The van der Waals surface area contributed by atoms with Crippen LogP contribution in [-0.4, -0.2) is 41.7 Å². The number of esters is 1. The number of carbonyl (C=O) groups is 4. The molecule has 1 heterocycles. The Morgan fingerprint density at radius 3 is 2.42 bits per heavy atom. The predicted octanol–water partition coefficient (Wildman–Crippen LogP) is 3.46. The number of nitrogens with zero attached hydrogens (tertiary/aromatic N) is 1. The quantitative estimate of drug-likeness (QED) is 0.494. The molecule has 0 saturated carbocycles. The molecule has 31 heavy (non-hydrogen) atoms. The fraction of sp³-hybridized carbons (Fsp3) is 0.273. The summed E-state index contributed by atoms with van der Waals surface area (Å²) in [4.78, 5) is 48.2. The molecule has 1 saturated heterocycles. The van der Waals surface area contributed by atoms with Crippen molar-refractivity contribution in [1.29, 1.82) is 0 Å². The van der Waals surface area contributed by atoms with Gasteiger partial charge in [0.2, 0.25) is 11.8 Å². The number of likely N-dealkylation sites (tertiary alicyclic amines) is 1. The van der Waals surface area contributed by atoms with Crippen molar-refractivity contribution in [2.24, 2.45) is 0 Å². The normalized spacial score (nSPS) is 13.3. The molecule has 3 amide bonds. The number of imide groups is 1. The molecule has 1 aliphatic heterocycles. The number of nitrogens with one attached hydrogen (secondary N) is 1. The van der Waals surface area contributed by atoms with Gasteiger partial charge in [0.15, 0.2) is 12.4 Å². The first-order chi connectivity index (χ1) is 14.8. The summed E-state index contributed by atoms with van der Waals surface area (Å²) >= 11 is 6.03. The van der Waals surface area contributed by atoms with Gasteiger partial charge in [-0.2, -0.15) is 0 Å². The number of ether oxygens (including phenoxy) is 2. The maximum Gasteiger partial charge on any atom is 0.308 e. The van der Waals surface area contributed by atoms with E-state index in [1.165, 1.54) is 6.07 Å². The molecule has 0 aromatic heterocycles. The van der Waals surface area contributed by atoms with Crippen LogP contribution in [0.2, 0.25) is 5.02 Å². The van der Waals surface area contributed by atoms with Gasteiger partial charge in [0, 0.05) is 24.4 Å². The lowest BCUT2D eigenvalue weighted by atomic mass is 10.2. The number of benzene rings is 2. The molecule has 0 radical (unpaired) electrons. The topological polar surface area (TPSA) is 102 Å². The molecule has 1 aliphatic rings. The molecule has 162 valence electrons. The SMILES string of the molecule is Cc1ccc(Oc2ccc(Cl)cc2NC(=O)COC(=O)CCN2C(=O)CCC2=O)cc1. The number of carbonyl (C=O) groups excluding carboxylic acids is 4. The Bertz CT molecular complexity index is 990. The Morgan fingerprint density at radius 2 is 1.74 bits per heavy atom. The maximum atomic E-state index is 12.2. The van der Waals surface area contributed by atoms with Crippen LogP contribution in [0, 0.1) is 6.92 Å². The van der Waals surface area contributed by atoms with Crippen LogP contribution >= 0.6 is 11.6 Å². The molecule has 8 nitrogen and oxygen atoms in total. The van der Waals surface area contributed by atoms with E-state index < -0.39 is 18.5 Å². The van der Waals surface area contributed by atoms with Crippen LogP contribution in [0.4, 0.5) is 5.69 Å². The fourth-order valence-electron chi connectivity index (χ4n) is 2.90. The van der Waals surface area contributed by atoms with Crippen LogP contribution in [0.3, 0.4) is 0 Å². The summed E-state index contributed by atoms with van der Waals surface area (Å²) in [6, 6.07) is 12.2. The van der Waals surface area contributed by atoms with Crippen molar-refractivity contribution < 1.29 is 28.7 Å². The highest BCUT2D eigenvalue weighted by atomic mass is 35.5. The number of hydrogen-bond donors (Lipinski definition) is 1. The lowest BCUT2D eigenvalue weighted by Gasteiger charge is -2.14. The number of anilines is 1. The van der Waals surface area contributed by atoms with Gasteiger partial charge >= 0.3 is 5.97 Å². The van der Waals surface area contributed by atoms with Crippen LogP contribution in [0.1, 0.15) is 24.8 Å². The van der Waals surface area contributed by atoms with E-state index >= 15 is 0 Å². The zero-order valence-corrected chi connectivity index (χ0v) is 17.6. The third-order valence-electron chi connectivity index (χ3n) is 4.52. The van der Waals surface area contributed by atoms with Gasteiger partial charge in [-0.1, -0.05) is 29.3 Å². The van der Waals surface area contributed by atoms with Gasteiger partial charge in [-0.15, -0.1) is 0 Å². The van der Waals surface area contributed by atoms with Crippen LogP contribution in [0.15, 0.2) is 42.5 Å². The van der Waals surface area contributed by atoms with Gasteiger partial charge in [0.1, 0.15) is 5.75 Å². The lowest BCUT2D eigenvalue weighted by molar-refractivity contribution is -0.148. The number of halogens is 1. The van der Waals surface area contributed by atoms with Crippen LogP contribution < -0.4 is 10.1 Å². The first-order valence-corrected chi connectivity index (χ1v) is 10.0. The highest BCUT2D eigenvalue weighted by Crippen LogP contribution is 2.32. The largest absolute Gasteiger partial charge is 0.456 e. The zero-order valence-electron chi connectivity index (χ0n) is 16.9. The van der Waals surface area contributed by atoms with Gasteiger partial charge in [-0.3, -0.25) is 24.1 Å². The molecule has 2 aromatic rings. The average Bonchev–Trinajstić information content (AvgIpc) is 3.06. The molecular formula is C22H21ClN2O6. The van der Waals surface area contributed by atoms with Gasteiger partial charge in [-0.25, -0.2) is 0 Å². The standard InChI is InChI=1S/C22H21ClN2O6/c1-14-2-5-16(6-3-14)31-18-7-4-15(23)12-17(18)24-19(26)13-30-22(29)10-11-25-20(27)8-9-21(25)28/h2-7,12H,8-11,13H2,1H3,(H,24,26). The second kappa shape index (κ2) is 10.1. The molecule has 3 rings (SSSR count). The Labute approximate surface area is 184 Å². The van der Waals surface area contributed by atoms with E-state index in [1.54, 1.807) is 24.3 Å². The summed E-state index contributed by atoms with van der Waals surface area (Å²) < 4.78 is 10.7. The summed E-state index contributed by atoms with van der Waals surface area (Å²) in [7, 11) is 0. The molecule has 1 fully saturated rings. The Balaban J connectivity index is 1.53. The number of rotatable bonds is 8. The third kappa shape index (κ3) is 6.29. The Kier molecular flexibility index (Phi) is 7.25. The molecule has 0 unspecified atom stereocenters. The number of aryl methyl sites for hydroxylation is 1. The molecule has 2 aromatic carbocycles. The maximum absolute atomic E-state index is 12.2. The lowest BCUT2D eigenvalue weighted by Crippen LogP contribution is -2.32. The van der Waals surface area contributed by atoms with Crippen molar-refractivity contribution in [3.63, 3.8) is 0 Å². The minimum atomic E-state index is -0.690. The Hall–Kier alpha value is -3.39. The van der Waals surface area contributed by atoms with Crippen molar-refractivity contribution >= 4 is 41.0 Å². The molecule has 0 aliphatic carbocycles. The summed E-state index contributed by atoms with van der Waals surface area (Å²) in [5.74, 6) is -0.933. The smallest absolute Gasteiger partial charge is 0.308 e. The van der Waals surface area contributed by atoms with Crippen molar-refractivity contribution in [3.05, 3.63) is 53.1 Å². The van der Waals surface area contributed by atoms with Crippen LogP contribution in [0.5, 0.6) is 11.5 Å². The first-order valence-electron chi connectivity index (χ1n) is 9.64.